The summed E-state index contributed by atoms with van der Waals surface area (Å²) >= 11 is 1.32. The Hall–Kier alpha value is -3.65. The molecule has 0 unspecified atom stereocenters. The lowest BCUT2D eigenvalue weighted by atomic mass is 10.2. The lowest BCUT2D eigenvalue weighted by molar-refractivity contribution is -0.113. The van der Waals surface area contributed by atoms with Crippen LogP contribution in [0.3, 0.4) is 0 Å². The number of hydrogen-bond acceptors (Lipinski definition) is 6. The van der Waals surface area contributed by atoms with Crippen molar-refractivity contribution >= 4 is 23.4 Å². The molecule has 0 aliphatic carbocycles. The minimum Gasteiger partial charge on any atom is -0.497 e. The van der Waals surface area contributed by atoms with Gasteiger partial charge in [0.2, 0.25) is 5.91 Å². The number of anilines is 1. The van der Waals surface area contributed by atoms with Crippen molar-refractivity contribution in [3.63, 3.8) is 0 Å². The van der Waals surface area contributed by atoms with Crippen molar-refractivity contribution in [2.75, 3.05) is 18.2 Å². The molecule has 156 valence electrons. The molecule has 4 aromatic rings. The van der Waals surface area contributed by atoms with Gasteiger partial charge in [-0.15, -0.1) is 10.2 Å². The SMILES string of the molecule is COc1ccc(-n2c(SCC(=O)Nc3ccc(C)cc3)nnc2-c2ccccn2)cc1. The summed E-state index contributed by atoms with van der Waals surface area (Å²) in [6, 6.07) is 20.9. The smallest absolute Gasteiger partial charge is 0.234 e. The molecule has 2 aromatic heterocycles. The van der Waals surface area contributed by atoms with E-state index in [2.05, 4.69) is 20.5 Å². The van der Waals surface area contributed by atoms with Gasteiger partial charge in [-0.1, -0.05) is 35.5 Å². The zero-order chi connectivity index (χ0) is 21.6. The van der Waals surface area contributed by atoms with Crippen LogP contribution >= 0.6 is 11.8 Å². The summed E-state index contributed by atoms with van der Waals surface area (Å²) in [5, 5.41) is 12.2. The normalized spacial score (nSPS) is 10.6. The number of carbonyl (C=O) groups excluding carboxylic acids is 1. The van der Waals surface area contributed by atoms with Crippen LogP contribution in [0, 0.1) is 6.92 Å². The molecular weight excluding hydrogens is 410 g/mol. The van der Waals surface area contributed by atoms with E-state index in [1.54, 1.807) is 13.3 Å². The van der Waals surface area contributed by atoms with Gasteiger partial charge in [-0.25, -0.2) is 0 Å². The summed E-state index contributed by atoms with van der Waals surface area (Å²) in [6.07, 6.45) is 1.71. The van der Waals surface area contributed by atoms with Gasteiger partial charge in [-0.3, -0.25) is 14.3 Å². The van der Waals surface area contributed by atoms with Gasteiger partial charge in [0.1, 0.15) is 11.4 Å². The van der Waals surface area contributed by atoms with Crippen LogP contribution in [-0.2, 0) is 4.79 Å². The summed E-state index contributed by atoms with van der Waals surface area (Å²) in [4.78, 5) is 16.9. The van der Waals surface area contributed by atoms with E-state index in [-0.39, 0.29) is 11.7 Å². The van der Waals surface area contributed by atoms with Crippen molar-refractivity contribution in [2.24, 2.45) is 0 Å². The largest absolute Gasteiger partial charge is 0.497 e. The Bertz CT molecular complexity index is 1160. The molecule has 0 radical (unpaired) electrons. The van der Waals surface area contributed by atoms with Gasteiger partial charge in [0.05, 0.1) is 18.6 Å². The van der Waals surface area contributed by atoms with Gasteiger partial charge < -0.3 is 10.1 Å². The maximum Gasteiger partial charge on any atom is 0.234 e. The zero-order valence-electron chi connectivity index (χ0n) is 17.1. The molecule has 2 aromatic carbocycles. The fourth-order valence-corrected chi connectivity index (χ4v) is 3.70. The van der Waals surface area contributed by atoms with E-state index >= 15 is 0 Å². The fraction of sp³-hybridized carbons (Fsp3) is 0.130. The van der Waals surface area contributed by atoms with Gasteiger partial charge >= 0.3 is 0 Å². The maximum absolute atomic E-state index is 12.5. The summed E-state index contributed by atoms with van der Waals surface area (Å²) in [7, 11) is 1.63. The standard InChI is InChI=1S/C23H21N5O2S/c1-16-6-8-17(9-7-16)25-21(29)15-31-23-27-26-22(20-5-3-4-14-24-20)28(23)18-10-12-19(30-2)13-11-18/h3-14H,15H2,1-2H3,(H,25,29). The highest BCUT2D eigenvalue weighted by atomic mass is 32.2. The summed E-state index contributed by atoms with van der Waals surface area (Å²) in [5.41, 5.74) is 3.46. The Balaban J connectivity index is 1.58. The molecule has 8 heteroatoms. The molecule has 7 nitrogen and oxygen atoms in total. The highest BCUT2D eigenvalue weighted by molar-refractivity contribution is 7.99. The average molecular weight is 432 g/mol. The number of pyridine rings is 1. The van der Waals surface area contributed by atoms with Crippen molar-refractivity contribution in [1.82, 2.24) is 19.7 Å². The number of nitrogens with zero attached hydrogens (tertiary/aromatic N) is 4. The number of aryl methyl sites for hydroxylation is 1. The Morgan fingerprint density at radius 3 is 2.48 bits per heavy atom. The first-order chi connectivity index (χ1) is 15.1. The molecule has 0 spiro atoms. The Morgan fingerprint density at radius 2 is 1.81 bits per heavy atom. The van der Waals surface area contributed by atoms with Gasteiger partial charge in [0.15, 0.2) is 11.0 Å². The van der Waals surface area contributed by atoms with Gasteiger partial charge in [0.25, 0.3) is 0 Å². The molecule has 0 aliphatic rings. The first kappa shape index (κ1) is 20.6. The van der Waals surface area contributed by atoms with Crippen LogP contribution in [0.15, 0.2) is 78.1 Å². The van der Waals surface area contributed by atoms with E-state index in [1.807, 2.05) is 78.2 Å². The van der Waals surface area contributed by atoms with Crippen LogP contribution in [0.1, 0.15) is 5.56 Å². The number of ether oxygens (including phenoxy) is 1. The molecule has 0 atom stereocenters. The molecule has 31 heavy (non-hydrogen) atoms. The molecule has 0 bridgehead atoms. The molecule has 0 fully saturated rings. The summed E-state index contributed by atoms with van der Waals surface area (Å²) in [5.74, 6) is 1.44. The third kappa shape index (κ3) is 4.92. The summed E-state index contributed by atoms with van der Waals surface area (Å²) < 4.78 is 7.16. The molecule has 1 N–H and O–H groups in total. The van der Waals surface area contributed by atoms with Crippen molar-refractivity contribution in [3.8, 4) is 23.0 Å². The maximum atomic E-state index is 12.5. The van der Waals surface area contributed by atoms with Gasteiger partial charge in [0, 0.05) is 11.9 Å². The second-order valence-electron chi connectivity index (χ2n) is 6.76. The van der Waals surface area contributed by atoms with Crippen LogP contribution in [0.5, 0.6) is 5.75 Å². The van der Waals surface area contributed by atoms with Gasteiger partial charge in [-0.05, 0) is 55.5 Å². The number of methoxy groups -OCH3 is 1. The second kappa shape index (κ2) is 9.44. The molecular formula is C23H21N5O2S. The number of benzene rings is 2. The van der Waals surface area contributed by atoms with Crippen molar-refractivity contribution in [3.05, 3.63) is 78.5 Å². The lowest BCUT2D eigenvalue weighted by Gasteiger charge is -2.11. The molecule has 2 heterocycles. The monoisotopic (exact) mass is 431 g/mol. The number of thioether (sulfide) groups is 1. The van der Waals surface area contributed by atoms with Crippen LogP contribution in [0.4, 0.5) is 5.69 Å². The number of hydrogen-bond donors (Lipinski definition) is 1. The van der Waals surface area contributed by atoms with E-state index in [4.69, 9.17) is 4.74 Å². The minimum atomic E-state index is -0.113. The Labute approximate surface area is 184 Å². The predicted molar refractivity (Wildman–Crippen MR) is 122 cm³/mol. The third-order valence-electron chi connectivity index (χ3n) is 4.53. The van der Waals surface area contributed by atoms with Crippen molar-refractivity contribution in [2.45, 2.75) is 12.1 Å². The highest BCUT2D eigenvalue weighted by Crippen LogP contribution is 2.28. The van der Waals surface area contributed by atoms with Crippen molar-refractivity contribution in [1.29, 1.82) is 0 Å². The second-order valence-corrected chi connectivity index (χ2v) is 7.70. The van der Waals surface area contributed by atoms with E-state index in [1.165, 1.54) is 11.8 Å². The van der Waals surface area contributed by atoms with Crippen LogP contribution in [0.25, 0.3) is 17.2 Å². The third-order valence-corrected chi connectivity index (χ3v) is 5.45. The van der Waals surface area contributed by atoms with E-state index < -0.39 is 0 Å². The first-order valence-electron chi connectivity index (χ1n) is 9.64. The fourth-order valence-electron chi connectivity index (χ4n) is 2.95. The zero-order valence-corrected chi connectivity index (χ0v) is 18.0. The minimum absolute atomic E-state index is 0.113. The van der Waals surface area contributed by atoms with Crippen LogP contribution < -0.4 is 10.1 Å². The Kier molecular flexibility index (Phi) is 6.28. The predicted octanol–water partition coefficient (Wildman–Crippen LogP) is 4.38. The number of nitrogens with one attached hydrogen (secondary N) is 1. The number of amides is 1. The summed E-state index contributed by atoms with van der Waals surface area (Å²) in [6.45, 7) is 2.01. The number of rotatable bonds is 7. The molecule has 4 rings (SSSR count). The number of aromatic nitrogens is 4. The molecule has 0 aliphatic heterocycles. The topological polar surface area (TPSA) is 81.9 Å². The molecule has 0 saturated carbocycles. The van der Waals surface area contributed by atoms with Crippen LogP contribution in [0.2, 0.25) is 0 Å². The van der Waals surface area contributed by atoms with E-state index in [0.717, 1.165) is 22.7 Å². The quantitative estimate of drug-likeness (QED) is 0.438. The molecule has 1 amide bonds. The van der Waals surface area contributed by atoms with Crippen LogP contribution in [-0.4, -0.2) is 38.5 Å². The Morgan fingerprint density at radius 1 is 1.03 bits per heavy atom. The van der Waals surface area contributed by atoms with Crippen molar-refractivity contribution < 1.29 is 9.53 Å². The molecule has 0 saturated heterocycles. The van der Waals surface area contributed by atoms with Gasteiger partial charge in [-0.2, -0.15) is 0 Å². The number of carbonyl (C=O) groups is 1. The lowest BCUT2D eigenvalue weighted by Crippen LogP contribution is -2.14. The average Bonchev–Trinajstić information content (AvgIpc) is 3.24. The van der Waals surface area contributed by atoms with E-state index in [9.17, 15) is 4.79 Å². The van der Waals surface area contributed by atoms with E-state index in [0.29, 0.717) is 16.7 Å². The first-order valence-corrected chi connectivity index (χ1v) is 10.6. The highest BCUT2D eigenvalue weighted by Gasteiger charge is 2.18.